The Morgan fingerprint density at radius 2 is 2.00 bits per heavy atom. The molecule has 1 atom stereocenters. The van der Waals surface area contributed by atoms with E-state index in [1.54, 1.807) is 11.3 Å². The molecule has 0 radical (unpaired) electrons. The number of ether oxygens (including phenoxy) is 1. The summed E-state index contributed by atoms with van der Waals surface area (Å²) in [6, 6.07) is 8.22. The largest absolute Gasteiger partial charge is 0.464 e. The highest BCUT2D eigenvalue weighted by molar-refractivity contribution is 7.22. The standard InChI is InChI=1S/C15H17N3O2S/c19-14-12(5-10-20-14)17-6-8-18(9-7-17)15-16-11-3-1-2-4-13(11)21-15/h1-4,12H,5-10H2. The van der Waals surface area contributed by atoms with Crippen molar-refractivity contribution in [3.05, 3.63) is 24.3 Å². The van der Waals surface area contributed by atoms with Crippen LogP contribution >= 0.6 is 11.3 Å². The van der Waals surface area contributed by atoms with Crippen molar-refractivity contribution < 1.29 is 9.53 Å². The third-order valence-electron chi connectivity index (χ3n) is 4.22. The molecular formula is C15H17N3O2S. The van der Waals surface area contributed by atoms with Crippen LogP contribution in [0.4, 0.5) is 5.13 Å². The number of hydrogen-bond donors (Lipinski definition) is 0. The number of carbonyl (C=O) groups is 1. The van der Waals surface area contributed by atoms with Gasteiger partial charge in [-0.1, -0.05) is 23.5 Å². The van der Waals surface area contributed by atoms with E-state index in [2.05, 4.69) is 21.9 Å². The molecule has 2 aromatic rings. The van der Waals surface area contributed by atoms with Crippen LogP contribution in [0.3, 0.4) is 0 Å². The number of nitrogens with zero attached hydrogens (tertiary/aromatic N) is 3. The Balaban J connectivity index is 1.46. The molecule has 0 saturated carbocycles. The fraction of sp³-hybridized carbons (Fsp3) is 0.467. The van der Waals surface area contributed by atoms with Crippen LogP contribution in [0.5, 0.6) is 0 Å². The van der Waals surface area contributed by atoms with Crippen LogP contribution in [0.15, 0.2) is 24.3 Å². The summed E-state index contributed by atoms with van der Waals surface area (Å²) in [5.74, 6) is -0.0524. The van der Waals surface area contributed by atoms with Crippen molar-refractivity contribution in [1.82, 2.24) is 9.88 Å². The zero-order valence-electron chi connectivity index (χ0n) is 11.7. The van der Waals surface area contributed by atoms with Crippen LogP contribution in [-0.2, 0) is 9.53 Å². The van der Waals surface area contributed by atoms with Crippen molar-refractivity contribution in [3.8, 4) is 0 Å². The molecule has 4 rings (SSSR count). The number of para-hydroxylation sites is 1. The maximum atomic E-state index is 11.7. The molecule has 0 aliphatic carbocycles. The third-order valence-corrected chi connectivity index (χ3v) is 5.31. The Labute approximate surface area is 127 Å². The first-order chi connectivity index (χ1) is 10.3. The molecule has 21 heavy (non-hydrogen) atoms. The summed E-state index contributed by atoms with van der Waals surface area (Å²) < 4.78 is 6.30. The van der Waals surface area contributed by atoms with Gasteiger partial charge < -0.3 is 9.64 Å². The number of fused-ring (bicyclic) bond motifs is 1. The molecule has 5 nitrogen and oxygen atoms in total. The quantitative estimate of drug-likeness (QED) is 0.791. The van der Waals surface area contributed by atoms with Crippen LogP contribution in [0.2, 0.25) is 0 Å². The monoisotopic (exact) mass is 303 g/mol. The Hall–Kier alpha value is -1.66. The minimum absolute atomic E-state index is 0.0254. The zero-order chi connectivity index (χ0) is 14.2. The summed E-state index contributed by atoms with van der Waals surface area (Å²) >= 11 is 1.74. The summed E-state index contributed by atoms with van der Waals surface area (Å²) in [5, 5.41) is 1.09. The van der Waals surface area contributed by atoms with E-state index in [1.807, 2.05) is 12.1 Å². The van der Waals surface area contributed by atoms with E-state index in [0.717, 1.165) is 43.2 Å². The van der Waals surface area contributed by atoms with E-state index in [4.69, 9.17) is 9.72 Å². The second kappa shape index (κ2) is 5.27. The first-order valence-corrected chi connectivity index (χ1v) is 8.14. The van der Waals surface area contributed by atoms with E-state index in [1.165, 1.54) is 4.70 Å². The van der Waals surface area contributed by atoms with Gasteiger partial charge in [-0.05, 0) is 12.1 Å². The molecule has 0 N–H and O–H groups in total. The molecule has 0 amide bonds. The molecule has 2 aliphatic rings. The highest BCUT2D eigenvalue weighted by atomic mass is 32.1. The number of rotatable bonds is 2. The van der Waals surface area contributed by atoms with Gasteiger partial charge in [0.1, 0.15) is 6.04 Å². The lowest BCUT2D eigenvalue weighted by molar-refractivity contribution is -0.142. The van der Waals surface area contributed by atoms with E-state index in [0.29, 0.717) is 6.61 Å². The van der Waals surface area contributed by atoms with Crippen molar-refractivity contribution >= 4 is 32.7 Å². The summed E-state index contributed by atoms with van der Waals surface area (Å²) in [5.41, 5.74) is 1.07. The summed E-state index contributed by atoms with van der Waals surface area (Å²) in [4.78, 5) is 20.9. The van der Waals surface area contributed by atoms with Crippen molar-refractivity contribution in [1.29, 1.82) is 0 Å². The van der Waals surface area contributed by atoms with E-state index in [-0.39, 0.29) is 12.0 Å². The third kappa shape index (κ3) is 2.38. The molecule has 1 unspecified atom stereocenters. The second-order valence-electron chi connectivity index (χ2n) is 5.46. The van der Waals surface area contributed by atoms with Crippen molar-refractivity contribution in [2.45, 2.75) is 12.5 Å². The Kier molecular flexibility index (Phi) is 3.27. The average Bonchev–Trinajstić information content (AvgIpc) is 3.13. The lowest BCUT2D eigenvalue weighted by Crippen LogP contribution is -2.51. The lowest BCUT2D eigenvalue weighted by Gasteiger charge is -2.36. The lowest BCUT2D eigenvalue weighted by atomic mass is 10.2. The van der Waals surface area contributed by atoms with E-state index in [9.17, 15) is 4.79 Å². The smallest absolute Gasteiger partial charge is 0.323 e. The molecule has 2 fully saturated rings. The highest BCUT2D eigenvalue weighted by Gasteiger charge is 2.34. The Morgan fingerprint density at radius 3 is 2.71 bits per heavy atom. The number of hydrogen-bond acceptors (Lipinski definition) is 6. The summed E-state index contributed by atoms with van der Waals surface area (Å²) in [6.07, 6.45) is 0.833. The van der Waals surface area contributed by atoms with E-state index < -0.39 is 0 Å². The predicted octanol–water partition coefficient (Wildman–Crippen LogP) is 1.73. The van der Waals surface area contributed by atoms with Crippen LogP contribution in [0, 0.1) is 0 Å². The number of anilines is 1. The van der Waals surface area contributed by atoms with E-state index >= 15 is 0 Å². The van der Waals surface area contributed by atoms with Crippen LogP contribution in [-0.4, -0.2) is 54.7 Å². The molecule has 2 saturated heterocycles. The zero-order valence-corrected chi connectivity index (χ0v) is 12.5. The van der Waals surface area contributed by atoms with Crippen LogP contribution in [0.25, 0.3) is 10.2 Å². The maximum Gasteiger partial charge on any atom is 0.323 e. The molecule has 1 aromatic carbocycles. The van der Waals surface area contributed by atoms with Gasteiger partial charge in [0, 0.05) is 32.6 Å². The van der Waals surface area contributed by atoms with Crippen molar-refractivity contribution in [2.24, 2.45) is 0 Å². The average molecular weight is 303 g/mol. The number of carbonyl (C=O) groups excluding carboxylic acids is 1. The minimum atomic E-state index is -0.0524. The molecule has 6 heteroatoms. The first kappa shape index (κ1) is 13.0. The Morgan fingerprint density at radius 1 is 1.19 bits per heavy atom. The summed E-state index contributed by atoms with van der Waals surface area (Å²) in [6.45, 7) is 4.21. The number of aromatic nitrogens is 1. The van der Waals surface area contributed by atoms with Gasteiger partial charge in [0.2, 0.25) is 0 Å². The molecule has 0 spiro atoms. The fourth-order valence-corrected chi connectivity index (χ4v) is 4.05. The Bertz CT molecular complexity index is 631. The number of thiazole rings is 1. The van der Waals surface area contributed by atoms with Gasteiger partial charge >= 0.3 is 5.97 Å². The summed E-state index contributed by atoms with van der Waals surface area (Å²) in [7, 11) is 0. The van der Waals surface area contributed by atoms with Gasteiger partial charge in [-0.15, -0.1) is 0 Å². The van der Waals surface area contributed by atoms with Crippen LogP contribution < -0.4 is 4.90 Å². The van der Waals surface area contributed by atoms with Gasteiger partial charge in [0.15, 0.2) is 5.13 Å². The predicted molar refractivity (Wildman–Crippen MR) is 82.8 cm³/mol. The van der Waals surface area contributed by atoms with Gasteiger partial charge in [-0.2, -0.15) is 0 Å². The SMILES string of the molecule is O=C1OCCC1N1CCN(c2nc3ccccc3s2)CC1. The van der Waals surface area contributed by atoms with Crippen molar-refractivity contribution in [2.75, 3.05) is 37.7 Å². The first-order valence-electron chi connectivity index (χ1n) is 7.32. The fourth-order valence-electron chi connectivity index (χ4n) is 3.04. The van der Waals surface area contributed by atoms with Gasteiger partial charge in [-0.3, -0.25) is 9.69 Å². The number of esters is 1. The molecular weight excluding hydrogens is 286 g/mol. The maximum absolute atomic E-state index is 11.7. The van der Waals surface area contributed by atoms with Gasteiger partial charge in [0.25, 0.3) is 0 Å². The van der Waals surface area contributed by atoms with Gasteiger partial charge in [-0.25, -0.2) is 4.98 Å². The van der Waals surface area contributed by atoms with Gasteiger partial charge in [0.05, 0.1) is 16.8 Å². The van der Waals surface area contributed by atoms with Crippen LogP contribution in [0.1, 0.15) is 6.42 Å². The molecule has 3 heterocycles. The topological polar surface area (TPSA) is 45.7 Å². The number of piperazine rings is 1. The highest BCUT2D eigenvalue weighted by Crippen LogP contribution is 2.29. The number of benzene rings is 1. The normalized spacial score (nSPS) is 23.7. The molecule has 110 valence electrons. The second-order valence-corrected chi connectivity index (χ2v) is 6.47. The van der Waals surface area contributed by atoms with Crippen molar-refractivity contribution in [3.63, 3.8) is 0 Å². The molecule has 2 aliphatic heterocycles. The molecule has 0 bridgehead atoms. The number of cyclic esters (lactones) is 1. The minimum Gasteiger partial charge on any atom is -0.464 e. The molecule has 1 aromatic heterocycles.